The van der Waals surface area contributed by atoms with Crippen LogP contribution in [0.15, 0.2) is 0 Å². The number of alkyl halides is 1. The molecule has 2 fully saturated rings. The third-order valence-corrected chi connectivity index (χ3v) is 3.92. The molecule has 19 heavy (non-hydrogen) atoms. The zero-order valence-electron chi connectivity index (χ0n) is 12.1. The average Bonchev–Trinajstić information content (AvgIpc) is 2.97. The van der Waals surface area contributed by atoms with Gasteiger partial charge < -0.3 is 15.4 Å². The van der Waals surface area contributed by atoms with Crippen molar-refractivity contribution in [3.8, 4) is 0 Å². The van der Waals surface area contributed by atoms with E-state index in [4.69, 9.17) is 4.74 Å². The predicted octanol–water partition coefficient (Wildman–Crippen LogP) is 1.26. The molecule has 0 aromatic heterocycles. The number of nitrogens with one attached hydrogen (secondary N) is 2. The van der Waals surface area contributed by atoms with Crippen LogP contribution in [0.4, 0.5) is 4.39 Å². The van der Waals surface area contributed by atoms with Gasteiger partial charge in [0.25, 0.3) is 0 Å². The maximum Gasteiger partial charge on any atom is 0.326 e. The number of esters is 1. The molecule has 1 heterocycles. The molecule has 110 valence electrons. The van der Waals surface area contributed by atoms with Crippen molar-refractivity contribution in [2.75, 3.05) is 26.3 Å². The molecule has 5 heteroatoms. The second kappa shape index (κ2) is 5.37. The summed E-state index contributed by atoms with van der Waals surface area (Å²) in [6.45, 7) is 7.58. The van der Waals surface area contributed by atoms with Crippen molar-refractivity contribution in [2.24, 2.45) is 11.8 Å². The summed E-state index contributed by atoms with van der Waals surface area (Å²) in [5.74, 6) is 0.176. The third kappa shape index (κ3) is 3.66. The summed E-state index contributed by atoms with van der Waals surface area (Å²) in [5, 5.41) is 6.52. The Morgan fingerprint density at radius 1 is 1.37 bits per heavy atom. The van der Waals surface area contributed by atoms with E-state index in [9.17, 15) is 9.18 Å². The van der Waals surface area contributed by atoms with E-state index >= 15 is 0 Å². The molecule has 0 radical (unpaired) electrons. The summed E-state index contributed by atoms with van der Waals surface area (Å²) in [7, 11) is 0. The molecule has 4 nitrogen and oxygen atoms in total. The molecule has 0 aromatic rings. The van der Waals surface area contributed by atoms with E-state index in [1.807, 2.05) is 20.8 Å². The highest BCUT2D eigenvalue weighted by atomic mass is 19.1. The van der Waals surface area contributed by atoms with Crippen LogP contribution >= 0.6 is 0 Å². The van der Waals surface area contributed by atoms with Crippen molar-refractivity contribution in [1.29, 1.82) is 0 Å². The summed E-state index contributed by atoms with van der Waals surface area (Å²) in [5.41, 5.74) is -0.957. The lowest BCUT2D eigenvalue weighted by Gasteiger charge is -2.26. The summed E-state index contributed by atoms with van der Waals surface area (Å²) in [6, 6.07) is 0. The Hall–Kier alpha value is -0.680. The fraction of sp³-hybridized carbons (Fsp3) is 0.929. The van der Waals surface area contributed by atoms with E-state index in [-0.39, 0.29) is 24.5 Å². The lowest BCUT2D eigenvalue weighted by molar-refractivity contribution is -0.158. The van der Waals surface area contributed by atoms with Gasteiger partial charge in [0.05, 0.1) is 6.67 Å². The lowest BCUT2D eigenvalue weighted by Crippen LogP contribution is -2.46. The lowest BCUT2D eigenvalue weighted by atomic mass is 9.97. The minimum absolute atomic E-state index is 0.0712. The molecule has 0 unspecified atom stereocenters. The molecule has 1 aliphatic heterocycles. The first-order chi connectivity index (χ1) is 8.86. The van der Waals surface area contributed by atoms with E-state index in [0.29, 0.717) is 6.54 Å². The van der Waals surface area contributed by atoms with E-state index < -0.39 is 11.1 Å². The van der Waals surface area contributed by atoms with Crippen molar-refractivity contribution in [3.05, 3.63) is 0 Å². The molecule has 2 N–H and O–H groups in total. The van der Waals surface area contributed by atoms with Gasteiger partial charge in [0.2, 0.25) is 0 Å². The first-order valence-electron chi connectivity index (χ1n) is 7.11. The van der Waals surface area contributed by atoms with Crippen LogP contribution in [0.25, 0.3) is 0 Å². The molecule has 0 aromatic carbocycles. The van der Waals surface area contributed by atoms with Crippen LogP contribution in [-0.2, 0) is 9.53 Å². The molecule has 2 aliphatic rings. The Morgan fingerprint density at radius 3 is 2.53 bits per heavy atom. The highest BCUT2D eigenvalue weighted by Gasteiger charge is 2.52. The normalized spacial score (nSPS) is 29.3. The molecular weight excluding hydrogens is 247 g/mol. The van der Waals surface area contributed by atoms with Crippen LogP contribution in [0, 0.1) is 11.8 Å². The molecule has 0 amide bonds. The van der Waals surface area contributed by atoms with Crippen LogP contribution in [0.3, 0.4) is 0 Å². The zero-order chi connectivity index (χ0) is 14.1. The maximum atomic E-state index is 12.8. The van der Waals surface area contributed by atoms with Crippen LogP contribution in [0.1, 0.15) is 33.6 Å². The maximum absolute atomic E-state index is 12.8. The largest absolute Gasteiger partial charge is 0.459 e. The van der Waals surface area contributed by atoms with E-state index in [0.717, 1.165) is 25.9 Å². The van der Waals surface area contributed by atoms with Crippen LogP contribution in [-0.4, -0.2) is 43.4 Å². The molecule has 2 rings (SSSR count). The monoisotopic (exact) mass is 272 g/mol. The number of carbonyl (C=O) groups excluding carboxylic acids is 1. The highest BCUT2D eigenvalue weighted by molar-refractivity contribution is 5.84. The minimum Gasteiger partial charge on any atom is -0.459 e. The Bertz CT molecular complexity index is 337. The van der Waals surface area contributed by atoms with Gasteiger partial charge in [0.1, 0.15) is 11.1 Å². The van der Waals surface area contributed by atoms with Crippen molar-refractivity contribution in [3.63, 3.8) is 0 Å². The first-order valence-corrected chi connectivity index (χ1v) is 7.11. The number of halogens is 1. The summed E-state index contributed by atoms with van der Waals surface area (Å²) < 4.78 is 18.2. The topological polar surface area (TPSA) is 50.4 Å². The molecule has 0 bridgehead atoms. The van der Waals surface area contributed by atoms with E-state index in [1.165, 1.54) is 0 Å². The number of rotatable bonds is 5. The fourth-order valence-electron chi connectivity index (χ4n) is 2.49. The fourth-order valence-corrected chi connectivity index (χ4v) is 2.49. The first kappa shape index (κ1) is 14.7. The van der Waals surface area contributed by atoms with Crippen LogP contribution in [0.5, 0.6) is 0 Å². The number of hydrogen-bond acceptors (Lipinski definition) is 4. The van der Waals surface area contributed by atoms with Gasteiger partial charge in [-0.25, -0.2) is 0 Å². The molecule has 2 atom stereocenters. The zero-order valence-corrected chi connectivity index (χ0v) is 12.1. The minimum atomic E-state index is -0.503. The molecule has 0 spiro atoms. The average molecular weight is 272 g/mol. The number of hydrogen-bond donors (Lipinski definition) is 2. The third-order valence-electron chi connectivity index (χ3n) is 3.92. The van der Waals surface area contributed by atoms with Crippen molar-refractivity contribution < 1.29 is 13.9 Å². The summed E-state index contributed by atoms with van der Waals surface area (Å²) >= 11 is 0. The van der Waals surface area contributed by atoms with Gasteiger partial charge in [-0.05, 0) is 46.1 Å². The van der Waals surface area contributed by atoms with Gasteiger partial charge >= 0.3 is 5.97 Å². The quantitative estimate of drug-likeness (QED) is 0.740. The predicted molar refractivity (Wildman–Crippen MR) is 71.6 cm³/mol. The number of carbonyl (C=O) groups is 1. The molecule has 1 aliphatic carbocycles. The second-order valence-corrected chi connectivity index (χ2v) is 6.80. The van der Waals surface area contributed by atoms with Gasteiger partial charge in [-0.15, -0.1) is 0 Å². The highest BCUT2D eigenvalue weighted by Crippen LogP contribution is 2.38. The summed E-state index contributed by atoms with van der Waals surface area (Å²) in [6.07, 6.45) is 1.64. The second-order valence-electron chi connectivity index (χ2n) is 6.80. The summed E-state index contributed by atoms with van der Waals surface area (Å²) in [4.78, 5) is 12.1. The van der Waals surface area contributed by atoms with Gasteiger partial charge in [-0.2, -0.15) is 0 Å². The van der Waals surface area contributed by atoms with Crippen molar-refractivity contribution in [2.45, 2.75) is 44.8 Å². The smallest absolute Gasteiger partial charge is 0.326 e. The number of ether oxygens (including phenoxy) is 1. The van der Waals surface area contributed by atoms with Gasteiger partial charge in [-0.1, -0.05) is 0 Å². The van der Waals surface area contributed by atoms with Gasteiger partial charge in [0.15, 0.2) is 0 Å². The Kier molecular flexibility index (Phi) is 4.16. The Balaban J connectivity index is 1.83. The van der Waals surface area contributed by atoms with Gasteiger partial charge in [0, 0.05) is 19.0 Å². The van der Waals surface area contributed by atoms with E-state index in [2.05, 4.69) is 10.6 Å². The van der Waals surface area contributed by atoms with Crippen molar-refractivity contribution in [1.82, 2.24) is 10.6 Å². The van der Waals surface area contributed by atoms with E-state index in [1.54, 1.807) is 0 Å². The van der Waals surface area contributed by atoms with Gasteiger partial charge in [-0.3, -0.25) is 9.18 Å². The molecule has 1 saturated heterocycles. The SMILES string of the molecule is CC(C)(C)OC(=O)C1(NC[C@H]2CNC[C@H]2CF)CC1. The van der Waals surface area contributed by atoms with Crippen molar-refractivity contribution >= 4 is 5.97 Å². The molecular formula is C14H25FN2O2. The van der Waals surface area contributed by atoms with Crippen LogP contribution < -0.4 is 10.6 Å². The Morgan fingerprint density at radius 2 is 2.00 bits per heavy atom. The van der Waals surface area contributed by atoms with Crippen LogP contribution in [0.2, 0.25) is 0 Å². The molecule has 1 saturated carbocycles. The Labute approximate surface area is 114 Å². The standard InChI is InChI=1S/C14H25FN2O2/c1-13(2,3)19-12(18)14(4-5-14)17-9-11-8-16-7-10(11)6-15/h10-11,16-17H,4-9H2,1-3H3/t10-,11-/m1/s1.